The van der Waals surface area contributed by atoms with E-state index in [9.17, 15) is 0 Å². The Hall–Kier alpha value is -1.96. The molecule has 0 aliphatic heterocycles. The van der Waals surface area contributed by atoms with Crippen LogP contribution in [0.5, 0.6) is 0 Å². The number of anilines is 2. The summed E-state index contributed by atoms with van der Waals surface area (Å²) in [7, 11) is 0. The standard InChI is InChI=1S/C20H16N2Se2/c21-17-9-11-19(15-7-3-1-5-13(15)17)23-24-20-12-10-18(22)14-6-2-4-8-16(14)20/h1-12H,21-22H2. The van der Waals surface area contributed by atoms with Crippen molar-refractivity contribution in [2.24, 2.45) is 0 Å². The minimum absolute atomic E-state index is 0.402. The van der Waals surface area contributed by atoms with Crippen LogP contribution in [0.1, 0.15) is 0 Å². The molecule has 0 aromatic heterocycles. The predicted octanol–water partition coefficient (Wildman–Crippen LogP) is 2.43. The van der Waals surface area contributed by atoms with Gasteiger partial charge in [-0.1, -0.05) is 0 Å². The van der Waals surface area contributed by atoms with Gasteiger partial charge in [0.2, 0.25) is 0 Å². The molecule has 118 valence electrons. The molecule has 0 fully saturated rings. The van der Waals surface area contributed by atoms with Crippen molar-refractivity contribution in [1.82, 2.24) is 0 Å². The van der Waals surface area contributed by atoms with Gasteiger partial charge in [0.1, 0.15) is 0 Å². The first kappa shape index (κ1) is 15.6. The molecule has 0 bridgehead atoms. The summed E-state index contributed by atoms with van der Waals surface area (Å²) < 4.78 is 2.85. The van der Waals surface area contributed by atoms with Gasteiger partial charge < -0.3 is 0 Å². The van der Waals surface area contributed by atoms with E-state index in [1.54, 1.807) is 0 Å². The summed E-state index contributed by atoms with van der Waals surface area (Å²) in [6.45, 7) is 0. The van der Waals surface area contributed by atoms with Crippen LogP contribution in [0.3, 0.4) is 0 Å². The zero-order chi connectivity index (χ0) is 16.5. The number of hydrogen-bond donors (Lipinski definition) is 2. The SMILES string of the molecule is Nc1ccc([Se][Se]c2ccc(N)c3ccccc23)c2ccccc12. The average molecular weight is 442 g/mol. The third kappa shape index (κ3) is 2.79. The molecule has 0 aliphatic carbocycles. The Labute approximate surface area is 152 Å². The van der Waals surface area contributed by atoms with Crippen LogP contribution in [0.2, 0.25) is 0 Å². The Balaban J connectivity index is 1.72. The van der Waals surface area contributed by atoms with E-state index in [0.717, 1.165) is 22.1 Å². The fraction of sp³-hybridized carbons (Fsp3) is 0. The van der Waals surface area contributed by atoms with Crippen molar-refractivity contribution in [3.8, 4) is 0 Å². The Morgan fingerprint density at radius 2 is 0.833 bits per heavy atom. The first-order chi connectivity index (χ1) is 11.7. The third-order valence-electron chi connectivity index (χ3n) is 4.06. The van der Waals surface area contributed by atoms with Gasteiger partial charge in [0, 0.05) is 0 Å². The summed E-state index contributed by atoms with van der Waals surface area (Å²) in [5.74, 6) is 0. The van der Waals surface area contributed by atoms with E-state index in [0.29, 0.717) is 26.3 Å². The second-order valence-electron chi connectivity index (χ2n) is 5.56. The molecule has 0 unspecified atom stereocenters. The Morgan fingerprint density at radius 1 is 0.458 bits per heavy atom. The molecule has 4 heteroatoms. The summed E-state index contributed by atoms with van der Waals surface area (Å²) >= 11 is 0.804. The molecule has 4 rings (SSSR count). The van der Waals surface area contributed by atoms with E-state index in [2.05, 4.69) is 48.5 Å². The topological polar surface area (TPSA) is 52.0 Å². The number of fused-ring (bicyclic) bond motifs is 2. The van der Waals surface area contributed by atoms with Crippen molar-refractivity contribution in [2.45, 2.75) is 0 Å². The van der Waals surface area contributed by atoms with Crippen LogP contribution in [0.25, 0.3) is 21.5 Å². The molecule has 0 heterocycles. The van der Waals surface area contributed by atoms with Gasteiger partial charge in [-0.15, -0.1) is 0 Å². The van der Waals surface area contributed by atoms with Crippen LogP contribution in [0.15, 0.2) is 72.8 Å². The molecule has 0 amide bonds. The van der Waals surface area contributed by atoms with E-state index in [1.807, 2.05) is 24.3 Å². The molecule has 4 aromatic carbocycles. The van der Waals surface area contributed by atoms with E-state index in [4.69, 9.17) is 11.5 Å². The molecule has 0 spiro atoms. The van der Waals surface area contributed by atoms with Gasteiger partial charge >= 0.3 is 152 Å². The van der Waals surface area contributed by atoms with Gasteiger partial charge in [-0.25, -0.2) is 0 Å². The fourth-order valence-corrected chi connectivity index (χ4v) is 9.97. The number of benzene rings is 4. The normalized spacial score (nSPS) is 11.2. The van der Waals surface area contributed by atoms with Gasteiger partial charge in [-0.3, -0.25) is 0 Å². The van der Waals surface area contributed by atoms with Gasteiger partial charge in [-0.2, -0.15) is 0 Å². The minimum atomic E-state index is 0.402. The fourth-order valence-electron chi connectivity index (χ4n) is 2.82. The van der Waals surface area contributed by atoms with Crippen molar-refractivity contribution in [1.29, 1.82) is 0 Å². The zero-order valence-electron chi connectivity index (χ0n) is 12.9. The van der Waals surface area contributed by atoms with Crippen LogP contribution < -0.4 is 20.4 Å². The summed E-state index contributed by atoms with van der Waals surface area (Å²) in [5.41, 5.74) is 14.0. The van der Waals surface area contributed by atoms with E-state index < -0.39 is 0 Å². The van der Waals surface area contributed by atoms with Crippen molar-refractivity contribution in [3.63, 3.8) is 0 Å². The molecule has 0 saturated carbocycles. The molecule has 0 saturated heterocycles. The van der Waals surface area contributed by atoms with Gasteiger partial charge in [0.15, 0.2) is 0 Å². The first-order valence-electron chi connectivity index (χ1n) is 7.63. The van der Waals surface area contributed by atoms with E-state index in [1.165, 1.54) is 19.7 Å². The summed E-state index contributed by atoms with van der Waals surface area (Å²) in [5, 5.41) is 4.91. The van der Waals surface area contributed by atoms with Gasteiger partial charge in [-0.05, 0) is 0 Å². The molecule has 4 N–H and O–H groups in total. The zero-order valence-corrected chi connectivity index (χ0v) is 16.3. The summed E-state index contributed by atoms with van der Waals surface area (Å²) in [6, 6.07) is 25.3. The van der Waals surface area contributed by atoms with Crippen LogP contribution in [-0.2, 0) is 0 Å². The van der Waals surface area contributed by atoms with Crippen molar-refractivity contribution < 1.29 is 0 Å². The Bertz CT molecular complexity index is 959. The molecule has 0 atom stereocenters. The van der Waals surface area contributed by atoms with Crippen molar-refractivity contribution in [3.05, 3.63) is 72.8 Å². The van der Waals surface area contributed by atoms with Gasteiger partial charge in [0.05, 0.1) is 0 Å². The van der Waals surface area contributed by atoms with Crippen LogP contribution in [-0.4, -0.2) is 26.3 Å². The average Bonchev–Trinajstić information content (AvgIpc) is 2.63. The molecule has 4 aromatic rings. The molecule has 0 radical (unpaired) electrons. The Morgan fingerprint density at radius 3 is 1.25 bits per heavy atom. The Kier molecular flexibility index (Phi) is 4.22. The monoisotopic (exact) mass is 444 g/mol. The maximum absolute atomic E-state index is 6.12. The number of hydrogen-bond acceptors (Lipinski definition) is 2. The van der Waals surface area contributed by atoms with E-state index >= 15 is 0 Å². The van der Waals surface area contributed by atoms with Crippen molar-refractivity contribution in [2.75, 3.05) is 11.5 Å². The predicted molar refractivity (Wildman–Crippen MR) is 107 cm³/mol. The summed E-state index contributed by atoms with van der Waals surface area (Å²) in [6.07, 6.45) is 0. The van der Waals surface area contributed by atoms with Crippen molar-refractivity contribution >= 4 is 68.1 Å². The maximum atomic E-state index is 6.12. The molecule has 2 nitrogen and oxygen atoms in total. The molecule has 0 aliphatic rings. The number of nitrogen functional groups attached to an aromatic ring is 2. The summed E-state index contributed by atoms with van der Waals surface area (Å²) in [4.78, 5) is 0. The first-order valence-corrected chi connectivity index (χ1v) is 13.7. The number of nitrogens with two attached hydrogens (primary N) is 2. The number of rotatable bonds is 3. The van der Waals surface area contributed by atoms with Gasteiger partial charge in [0.25, 0.3) is 0 Å². The van der Waals surface area contributed by atoms with Crippen LogP contribution >= 0.6 is 0 Å². The molecule has 24 heavy (non-hydrogen) atoms. The van der Waals surface area contributed by atoms with E-state index in [-0.39, 0.29) is 0 Å². The third-order valence-corrected chi connectivity index (χ3v) is 11.3. The van der Waals surface area contributed by atoms with Crippen LogP contribution in [0, 0.1) is 0 Å². The quantitative estimate of drug-likeness (QED) is 0.379. The molecular weight excluding hydrogens is 426 g/mol. The van der Waals surface area contributed by atoms with Crippen LogP contribution in [0.4, 0.5) is 11.4 Å². The second-order valence-corrected chi connectivity index (χ2v) is 11.7. The second kappa shape index (κ2) is 6.50. The molecular formula is C20H16N2Se2.